The van der Waals surface area contributed by atoms with Gasteiger partial charge < -0.3 is 24.5 Å². The molecule has 1 aliphatic carbocycles. The highest BCUT2D eigenvalue weighted by Gasteiger charge is 2.31. The summed E-state index contributed by atoms with van der Waals surface area (Å²) in [5.74, 6) is 1.23. The first-order chi connectivity index (χ1) is 14.5. The highest BCUT2D eigenvalue weighted by atomic mass is 16.5. The van der Waals surface area contributed by atoms with Gasteiger partial charge in [0.25, 0.3) is 6.01 Å². The average molecular weight is 412 g/mol. The molecular formula is C20H24N6O4. The Labute approximate surface area is 172 Å². The summed E-state index contributed by atoms with van der Waals surface area (Å²) in [4.78, 5) is 18.9. The number of ether oxygens (including phenoxy) is 1. The van der Waals surface area contributed by atoms with E-state index in [0.717, 1.165) is 17.0 Å². The first-order valence-corrected chi connectivity index (χ1v) is 10.0. The molecule has 3 N–H and O–H groups in total. The van der Waals surface area contributed by atoms with Gasteiger partial charge in [-0.1, -0.05) is 0 Å². The van der Waals surface area contributed by atoms with Crippen LogP contribution in [0.5, 0.6) is 5.75 Å². The summed E-state index contributed by atoms with van der Waals surface area (Å²) in [6, 6.07) is 7.66. The number of aliphatic hydroxyl groups excluding tert-OH is 1. The van der Waals surface area contributed by atoms with Gasteiger partial charge in [-0.05, 0) is 31.9 Å². The van der Waals surface area contributed by atoms with Crippen molar-refractivity contribution in [2.75, 3.05) is 23.9 Å². The van der Waals surface area contributed by atoms with Gasteiger partial charge in [-0.15, -0.1) is 0 Å². The maximum Gasteiger partial charge on any atom is 0.320 e. The lowest BCUT2D eigenvalue weighted by Gasteiger charge is -2.32. The van der Waals surface area contributed by atoms with Crippen molar-refractivity contribution in [1.82, 2.24) is 20.1 Å². The Balaban J connectivity index is 1.31. The Bertz CT molecular complexity index is 1090. The SMILES string of the molecule is COc1ccc2oc(N3CCn4nc(NC(=O)NC5CC(O)C5)cc4C3C)nc2c1. The van der Waals surface area contributed by atoms with E-state index in [1.807, 2.05) is 28.9 Å². The maximum absolute atomic E-state index is 12.2. The van der Waals surface area contributed by atoms with Crippen molar-refractivity contribution in [1.29, 1.82) is 0 Å². The largest absolute Gasteiger partial charge is 0.497 e. The molecule has 1 unspecified atom stereocenters. The molecule has 10 heteroatoms. The van der Waals surface area contributed by atoms with Crippen molar-refractivity contribution in [2.45, 2.75) is 44.5 Å². The zero-order valence-corrected chi connectivity index (χ0v) is 16.8. The van der Waals surface area contributed by atoms with E-state index < -0.39 is 0 Å². The van der Waals surface area contributed by atoms with Crippen LogP contribution in [0.15, 0.2) is 28.7 Å². The highest BCUT2D eigenvalue weighted by Crippen LogP contribution is 2.33. The lowest BCUT2D eigenvalue weighted by molar-refractivity contribution is 0.0671. The summed E-state index contributed by atoms with van der Waals surface area (Å²) in [7, 11) is 1.62. The van der Waals surface area contributed by atoms with Crippen LogP contribution < -0.4 is 20.3 Å². The summed E-state index contributed by atoms with van der Waals surface area (Å²) in [5.41, 5.74) is 2.42. The Hall–Kier alpha value is -3.27. The number of aromatic nitrogens is 3. The minimum absolute atomic E-state index is 0.0180. The Morgan fingerprint density at radius 1 is 1.30 bits per heavy atom. The normalized spacial score (nSPS) is 23.0. The first kappa shape index (κ1) is 18.7. The monoisotopic (exact) mass is 412 g/mol. The van der Waals surface area contributed by atoms with Crippen LogP contribution >= 0.6 is 0 Å². The smallest absolute Gasteiger partial charge is 0.320 e. The number of carbonyl (C=O) groups is 1. The molecule has 1 aromatic carbocycles. The van der Waals surface area contributed by atoms with E-state index >= 15 is 0 Å². The van der Waals surface area contributed by atoms with Gasteiger partial charge in [0.2, 0.25) is 0 Å². The van der Waals surface area contributed by atoms with Gasteiger partial charge in [0.15, 0.2) is 11.4 Å². The molecule has 3 heterocycles. The molecule has 1 atom stereocenters. The van der Waals surface area contributed by atoms with Crippen molar-refractivity contribution in [3.05, 3.63) is 30.0 Å². The minimum atomic E-state index is -0.310. The molecular weight excluding hydrogens is 388 g/mol. The molecule has 3 aromatic rings. The fourth-order valence-corrected chi connectivity index (χ4v) is 4.01. The molecule has 0 radical (unpaired) electrons. The summed E-state index contributed by atoms with van der Waals surface area (Å²) >= 11 is 0. The van der Waals surface area contributed by atoms with Crippen molar-refractivity contribution in [3.63, 3.8) is 0 Å². The second kappa shape index (κ2) is 7.21. The van der Waals surface area contributed by atoms with Gasteiger partial charge >= 0.3 is 6.03 Å². The molecule has 2 amide bonds. The highest BCUT2D eigenvalue weighted by molar-refractivity contribution is 5.88. The molecule has 1 saturated carbocycles. The van der Waals surface area contributed by atoms with Gasteiger partial charge in [-0.25, -0.2) is 4.79 Å². The minimum Gasteiger partial charge on any atom is -0.497 e. The molecule has 0 spiro atoms. The van der Waals surface area contributed by atoms with E-state index in [-0.39, 0.29) is 24.2 Å². The average Bonchev–Trinajstić information content (AvgIpc) is 3.30. The van der Waals surface area contributed by atoms with Crippen LogP contribution in [0.1, 0.15) is 31.5 Å². The van der Waals surface area contributed by atoms with Crippen LogP contribution in [0.3, 0.4) is 0 Å². The predicted octanol–water partition coefficient (Wildman–Crippen LogP) is 2.26. The number of anilines is 2. The molecule has 5 rings (SSSR count). The second-order valence-electron chi connectivity index (χ2n) is 7.80. The van der Waals surface area contributed by atoms with Gasteiger partial charge in [0.1, 0.15) is 11.3 Å². The number of methoxy groups -OCH3 is 1. The lowest BCUT2D eigenvalue weighted by atomic mass is 9.90. The zero-order valence-electron chi connectivity index (χ0n) is 16.8. The fraction of sp³-hybridized carbons (Fsp3) is 0.450. The standard InChI is InChI=1S/C20H24N6O4/c1-11-16-10-18(23-19(28)21-12-7-13(27)8-12)24-26(16)6-5-25(11)20-22-15-9-14(29-2)3-4-17(15)30-20/h3-4,9-13,27H,5-8H2,1-2H3,(H2,21,23,24,28). The van der Waals surface area contributed by atoms with Crippen molar-refractivity contribution in [2.24, 2.45) is 0 Å². The van der Waals surface area contributed by atoms with Crippen LogP contribution in [-0.4, -0.2) is 51.7 Å². The number of hydrogen-bond donors (Lipinski definition) is 3. The predicted molar refractivity (Wildman–Crippen MR) is 110 cm³/mol. The third-order valence-corrected chi connectivity index (χ3v) is 5.78. The van der Waals surface area contributed by atoms with Crippen molar-refractivity contribution in [3.8, 4) is 5.75 Å². The van der Waals surface area contributed by atoms with E-state index in [0.29, 0.717) is 43.3 Å². The molecule has 0 bridgehead atoms. The second-order valence-corrected chi connectivity index (χ2v) is 7.80. The van der Waals surface area contributed by atoms with E-state index in [1.165, 1.54) is 0 Å². The molecule has 0 saturated heterocycles. The van der Waals surface area contributed by atoms with Crippen LogP contribution in [-0.2, 0) is 6.54 Å². The molecule has 1 fully saturated rings. The Morgan fingerprint density at radius 3 is 2.90 bits per heavy atom. The van der Waals surface area contributed by atoms with Crippen LogP contribution in [0.2, 0.25) is 0 Å². The van der Waals surface area contributed by atoms with Crippen molar-refractivity contribution < 1.29 is 19.1 Å². The van der Waals surface area contributed by atoms with E-state index in [1.54, 1.807) is 7.11 Å². The van der Waals surface area contributed by atoms with E-state index in [2.05, 4.69) is 32.5 Å². The quantitative estimate of drug-likeness (QED) is 0.602. The Kier molecular flexibility index (Phi) is 4.50. The fourth-order valence-electron chi connectivity index (χ4n) is 4.01. The van der Waals surface area contributed by atoms with Crippen LogP contribution in [0.4, 0.5) is 16.6 Å². The van der Waals surface area contributed by atoms with Gasteiger partial charge in [-0.2, -0.15) is 10.1 Å². The van der Waals surface area contributed by atoms with E-state index in [4.69, 9.17) is 9.15 Å². The summed E-state index contributed by atoms with van der Waals surface area (Å²) in [5, 5.41) is 19.5. The number of oxazole rings is 1. The van der Waals surface area contributed by atoms with Gasteiger partial charge in [0, 0.05) is 24.7 Å². The number of benzene rings is 1. The number of rotatable bonds is 4. The molecule has 2 aliphatic rings. The first-order valence-electron chi connectivity index (χ1n) is 10.0. The number of nitrogens with zero attached hydrogens (tertiary/aromatic N) is 4. The van der Waals surface area contributed by atoms with Crippen LogP contribution in [0, 0.1) is 0 Å². The number of hydrogen-bond acceptors (Lipinski definition) is 7. The number of nitrogens with one attached hydrogen (secondary N) is 2. The third-order valence-electron chi connectivity index (χ3n) is 5.78. The molecule has 2 aromatic heterocycles. The maximum atomic E-state index is 12.2. The summed E-state index contributed by atoms with van der Waals surface area (Å²) < 4.78 is 13.1. The topological polar surface area (TPSA) is 118 Å². The third kappa shape index (κ3) is 3.32. The number of fused-ring (bicyclic) bond motifs is 2. The van der Waals surface area contributed by atoms with Gasteiger partial charge in [-0.3, -0.25) is 10.00 Å². The summed E-state index contributed by atoms with van der Waals surface area (Å²) in [6.45, 7) is 3.40. The summed E-state index contributed by atoms with van der Waals surface area (Å²) in [6.07, 6.45) is 0.875. The van der Waals surface area contributed by atoms with Crippen LogP contribution in [0.25, 0.3) is 11.1 Å². The molecule has 10 nitrogen and oxygen atoms in total. The molecule has 158 valence electrons. The number of amides is 2. The number of carbonyl (C=O) groups excluding carboxylic acids is 1. The number of urea groups is 1. The Morgan fingerprint density at radius 2 is 2.13 bits per heavy atom. The van der Waals surface area contributed by atoms with E-state index in [9.17, 15) is 9.90 Å². The zero-order chi connectivity index (χ0) is 20.8. The lowest BCUT2D eigenvalue weighted by Crippen LogP contribution is -2.48. The molecule has 30 heavy (non-hydrogen) atoms. The number of aliphatic hydroxyl groups is 1. The van der Waals surface area contributed by atoms with Crippen molar-refractivity contribution >= 4 is 29.0 Å². The molecule has 1 aliphatic heterocycles. The van der Waals surface area contributed by atoms with Gasteiger partial charge in [0.05, 0.1) is 31.5 Å².